The van der Waals surface area contributed by atoms with Gasteiger partial charge < -0.3 is 4.74 Å². The maximum atomic E-state index is 5.29. The van der Waals surface area contributed by atoms with Crippen molar-refractivity contribution in [1.82, 2.24) is 0 Å². The molecule has 2 heteroatoms. The molecule has 1 nitrogen and oxygen atoms in total. The fraction of sp³-hybridized carbons (Fsp3) is 1.00. The summed E-state index contributed by atoms with van der Waals surface area (Å²) in [4.78, 5) is 0. The number of hydrogen-bond donors (Lipinski definition) is 0. The van der Waals surface area contributed by atoms with Gasteiger partial charge in [0.2, 0.25) is 0 Å². The van der Waals surface area contributed by atoms with Crippen molar-refractivity contribution >= 4 is 11.8 Å². The number of thioether (sulfide) groups is 1. The summed E-state index contributed by atoms with van der Waals surface area (Å²) >= 11 is 2.11. The van der Waals surface area contributed by atoms with Crippen molar-refractivity contribution in [2.24, 2.45) is 5.92 Å². The Bertz CT molecular complexity index is 82.5. The van der Waals surface area contributed by atoms with E-state index in [1.54, 1.807) is 0 Å². The van der Waals surface area contributed by atoms with Crippen LogP contribution in [-0.2, 0) is 4.74 Å². The number of hydrogen-bond acceptors (Lipinski definition) is 2. The highest BCUT2D eigenvalue weighted by molar-refractivity contribution is 8.01. The van der Waals surface area contributed by atoms with Crippen molar-refractivity contribution in [3.8, 4) is 0 Å². The van der Waals surface area contributed by atoms with Gasteiger partial charge in [0.15, 0.2) is 0 Å². The third kappa shape index (κ3) is 0.669. The van der Waals surface area contributed by atoms with E-state index in [-0.39, 0.29) is 0 Å². The van der Waals surface area contributed by atoms with Crippen LogP contribution in [0.5, 0.6) is 0 Å². The zero-order valence-electron chi connectivity index (χ0n) is 4.80. The normalized spacial score (nSPS) is 45.0. The summed E-state index contributed by atoms with van der Waals surface area (Å²) in [6.45, 7) is 2.05. The molecule has 0 aliphatic carbocycles. The maximum Gasteiger partial charge on any atom is 0.0512 e. The molecular weight excluding hydrogens is 120 g/mol. The van der Waals surface area contributed by atoms with Gasteiger partial charge in [-0.05, 0) is 12.2 Å². The topological polar surface area (TPSA) is 9.23 Å². The highest BCUT2D eigenvalue weighted by Crippen LogP contribution is 2.39. The van der Waals surface area contributed by atoms with E-state index >= 15 is 0 Å². The predicted molar refractivity (Wildman–Crippen MR) is 35.2 cm³/mol. The highest BCUT2D eigenvalue weighted by Gasteiger charge is 2.33. The average Bonchev–Trinajstić information content (AvgIpc) is 1.72. The summed E-state index contributed by atoms with van der Waals surface area (Å²) in [6, 6.07) is 0. The minimum absolute atomic E-state index is 0.925. The lowest BCUT2D eigenvalue weighted by Crippen LogP contribution is -2.39. The molecule has 0 bridgehead atoms. The minimum Gasteiger partial charge on any atom is -0.381 e. The lowest BCUT2D eigenvalue weighted by molar-refractivity contribution is 0.0607. The molecule has 0 saturated carbocycles. The van der Waals surface area contributed by atoms with Crippen LogP contribution in [0.3, 0.4) is 0 Å². The summed E-state index contributed by atoms with van der Waals surface area (Å²) in [6.07, 6.45) is 1.30. The van der Waals surface area contributed by atoms with Gasteiger partial charge in [0.1, 0.15) is 0 Å². The van der Waals surface area contributed by atoms with Crippen LogP contribution in [0.25, 0.3) is 0 Å². The Kier molecular flexibility index (Phi) is 1.23. The zero-order valence-corrected chi connectivity index (χ0v) is 5.62. The molecule has 0 aromatic carbocycles. The molecule has 2 saturated heterocycles. The summed E-state index contributed by atoms with van der Waals surface area (Å²) in [5, 5.41) is 0.976. The first-order valence-electron chi connectivity index (χ1n) is 3.16. The Labute approximate surface area is 53.8 Å². The van der Waals surface area contributed by atoms with Crippen LogP contribution >= 0.6 is 11.8 Å². The Morgan fingerprint density at radius 1 is 1.50 bits per heavy atom. The fourth-order valence-electron chi connectivity index (χ4n) is 1.28. The van der Waals surface area contributed by atoms with Crippen LogP contribution < -0.4 is 0 Å². The van der Waals surface area contributed by atoms with E-state index in [2.05, 4.69) is 11.8 Å². The van der Waals surface area contributed by atoms with Gasteiger partial charge in [-0.15, -0.1) is 0 Å². The molecule has 8 heavy (non-hydrogen) atoms. The summed E-state index contributed by atoms with van der Waals surface area (Å²) in [5.41, 5.74) is 0. The molecule has 0 N–H and O–H groups in total. The molecular formula is C6H10OS. The van der Waals surface area contributed by atoms with E-state index in [0.29, 0.717) is 0 Å². The number of rotatable bonds is 0. The van der Waals surface area contributed by atoms with Gasteiger partial charge in [-0.2, -0.15) is 11.8 Å². The van der Waals surface area contributed by atoms with Crippen molar-refractivity contribution in [2.45, 2.75) is 11.7 Å². The van der Waals surface area contributed by atoms with E-state index in [1.165, 1.54) is 12.2 Å². The third-order valence-electron chi connectivity index (χ3n) is 1.93. The van der Waals surface area contributed by atoms with Crippen LogP contribution in [0.15, 0.2) is 0 Å². The van der Waals surface area contributed by atoms with Crippen LogP contribution in [0.2, 0.25) is 0 Å². The molecule has 2 fully saturated rings. The number of fused-ring (bicyclic) bond motifs is 1. The van der Waals surface area contributed by atoms with E-state index < -0.39 is 0 Å². The standard InChI is InChI=1S/C6H10OS/c1-2-7-3-5-4-8-6(1)5/h5-6H,1-4H2. The molecule has 2 heterocycles. The van der Waals surface area contributed by atoms with E-state index in [1.807, 2.05) is 0 Å². The molecule has 0 aromatic heterocycles. The lowest BCUT2D eigenvalue weighted by atomic mass is 10.0. The molecule has 0 aromatic rings. The fourth-order valence-corrected chi connectivity index (χ4v) is 2.45. The van der Waals surface area contributed by atoms with Gasteiger partial charge in [0, 0.05) is 17.8 Å². The molecule has 2 aliphatic rings. The second-order valence-electron chi connectivity index (χ2n) is 2.50. The van der Waals surface area contributed by atoms with Crippen LogP contribution in [0.1, 0.15) is 6.42 Å². The van der Waals surface area contributed by atoms with Crippen molar-refractivity contribution in [3.05, 3.63) is 0 Å². The van der Waals surface area contributed by atoms with Crippen molar-refractivity contribution in [2.75, 3.05) is 19.0 Å². The quantitative estimate of drug-likeness (QED) is 0.486. The molecule has 46 valence electrons. The molecule has 2 aliphatic heterocycles. The van der Waals surface area contributed by atoms with Gasteiger partial charge in [0.25, 0.3) is 0 Å². The van der Waals surface area contributed by atoms with Gasteiger partial charge in [-0.25, -0.2) is 0 Å². The van der Waals surface area contributed by atoms with Crippen LogP contribution in [-0.4, -0.2) is 24.2 Å². The first-order valence-corrected chi connectivity index (χ1v) is 4.21. The molecule has 2 atom stereocenters. The van der Waals surface area contributed by atoms with Crippen LogP contribution in [0, 0.1) is 5.92 Å². The molecule has 2 unspecified atom stereocenters. The van der Waals surface area contributed by atoms with Gasteiger partial charge >= 0.3 is 0 Å². The van der Waals surface area contributed by atoms with E-state index in [4.69, 9.17) is 4.74 Å². The largest absolute Gasteiger partial charge is 0.381 e. The first kappa shape index (κ1) is 5.12. The van der Waals surface area contributed by atoms with Gasteiger partial charge in [-0.1, -0.05) is 0 Å². The van der Waals surface area contributed by atoms with Gasteiger partial charge in [-0.3, -0.25) is 0 Å². The third-order valence-corrected chi connectivity index (χ3v) is 3.60. The second kappa shape index (κ2) is 1.92. The molecule has 0 spiro atoms. The second-order valence-corrected chi connectivity index (χ2v) is 3.77. The molecule has 2 rings (SSSR count). The summed E-state index contributed by atoms with van der Waals surface area (Å²) < 4.78 is 5.29. The van der Waals surface area contributed by atoms with Crippen molar-refractivity contribution in [1.29, 1.82) is 0 Å². The van der Waals surface area contributed by atoms with Gasteiger partial charge in [0.05, 0.1) is 6.61 Å². The number of ether oxygens (including phenoxy) is 1. The SMILES string of the molecule is C1CC2SCC2CO1. The predicted octanol–water partition coefficient (Wildman–Crippen LogP) is 1.14. The Morgan fingerprint density at radius 2 is 2.50 bits per heavy atom. The Hall–Kier alpha value is 0.310. The highest BCUT2D eigenvalue weighted by atomic mass is 32.2. The minimum atomic E-state index is 0.925. The van der Waals surface area contributed by atoms with Crippen molar-refractivity contribution < 1.29 is 4.74 Å². The van der Waals surface area contributed by atoms with Crippen LogP contribution in [0.4, 0.5) is 0 Å². The first-order chi connectivity index (χ1) is 3.97. The van der Waals surface area contributed by atoms with E-state index in [0.717, 1.165) is 24.4 Å². The smallest absolute Gasteiger partial charge is 0.0512 e. The van der Waals surface area contributed by atoms with E-state index in [9.17, 15) is 0 Å². The average molecular weight is 130 g/mol. The summed E-state index contributed by atoms with van der Waals surface area (Å²) in [7, 11) is 0. The maximum absolute atomic E-state index is 5.29. The summed E-state index contributed by atoms with van der Waals surface area (Å²) in [5.74, 6) is 2.28. The lowest BCUT2D eigenvalue weighted by Gasteiger charge is -2.39. The zero-order chi connectivity index (χ0) is 5.40. The molecule has 0 amide bonds. The Balaban J connectivity index is 1.92. The molecule has 0 radical (unpaired) electrons. The van der Waals surface area contributed by atoms with Crippen molar-refractivity contribution in [3.63, 3.8) is 0 Å². The monoisotopic (exact) mass is 130 g/mol. The Morgan fingerprint density at radius 3 is 2.88 bits per heavy atom.